The maximum atomic E-state index is 12.9. The number of aliphatic hydroxyl groups is 1. The third kappa shape index (κ3) is 1.54. The van der Waals surface area contributed by atoms with Crippen LogP contribution in [0.15, 0.2) is 11.9 Å². The minimum absolute atomic E-state index is 0.0289. The van der Waals surface area contributed by atoms with Gasteiger partial charge in [0.25, 0.3) is 5.91 Å². The van der Waals surface area contributed by atoms with E-state index >= 15 is 0 Å². The van der Waals surface area contributed by atoms with Crippen molar-refractivity contribution >= 4 is 5.91 Å². The van der Waals surface area contributed by atoms with E-state index in [1.54, 1.807) is 0 Å². The molecule has 0 atom stereocenters. The molecule has 2 rings (SSSR count). The molecule has 0 aromatic carbocycles. The lowest BCUT2D eigenvalue weighted by molar-refractivity contribution is -0.160. The van der Waals surface area contributed by atoms with Crippen LogP contribution in [-0.2, 0) is 4.79 Å². The van der Waals surface area contributed by atoms with Crippen LogP contribution in [0.25, 0.3) is 0 Å². The summed E-state index contributed by atoms with van der Waals surface area (Å²) in [6.07, 6.45) is 3.97. The molecule has 0 aromatic rings. The zero-order valence-corrected chi connectivity index (χ0v) is 8.00. The Hall–Kier alpha value is -0.900. The lowest BCUT2D eigenvalue weighted by Gasteiger charge is -2.39. The van der Waals surface area contributed by atoms with E-state index in [1.807, 2.05) is 0 Å². The summed E-state index contributed by atoms with van der Waals surface area (Å²) in [4.78, 5) is 13.1. The second-order valence-electron chi connectivity index (χ2n) is 4.05. The quantitative estimate of drug-likeness (QED) is 0.684. The van der Waals surface area contributed by atoms with Crippen molar-refractivity contribution < 1.29 is 14.3 Å². The molecule has 1 aliphatic heterocycles. The molecule has 78 valence electrons. The Bertz CT molecular complexity index is 284. The largest absolute Gasteiger partial charge is 0.380 e. The summed E-state index contributed by atoms with van der Waals surface area (Å²) >= 11 is 0. The molecule has 1 aliphatic carbocycles. The van der Waals surface area contributed by atoms with Gasteiger partial charge in [-0.25, -0.2) is 4.39 Å². The van der Waals surface area contributed by atoms with E-state index in [0.717, 1.165) is 6.42 Å². The molecule has 1 fully saturated rings. The monoisotopic (exact) mass is 199 g/mol. The Labute approximate surface area is 82.2 Å². The first-order chi connectivity index (χ1) is 6.62. The average molecular weight is 199 g/mol. The Morgan fingerprint density at radius 2 is 2.29 bits per heavy atom. The second-order valence-corrected chi connectivity index (χ2v) is 4.05. The van der Waals surface area contributed by atoms with E-state index in [0.29, 0.717) is 25.8 Å². The zero-order valence-electron chi connectivity index (χ0n) is 8.00. The fourth-order valence-corrected chi connectivity index (χ4v) is 1.90. The molecule has 0 radical (unpaired) electrons. The van der Waals surface area contributed by atoms with Crippen LogP contribution in [0.1, 0.15) is 25.7 Å². The van der Waals surface area contributed by atoms with Gasteiger partial charge in [-0.1, -0.05) is 0 Å². The van der Waals surface area contributed by atoms with Crippen LogP contribution in [0.3, 0.4) is 0 Å². The summed E-state index contributed by atoms with van der Waals surface area (Å²) in [7, 11) is 0. The van der Waals surface area contributed by atoms with Crippen LogP contribution in [-0.4, -0.2) is 34.6 Å². The smallest absolute Gasteiger partial charge is 0.254 e. The SMILES string of the molecule is O=C(N1CCC=C(F)C1)C1(O)CCC1. The van der Waals surface area contributed by atoms with Crippen molar-refractivity contribution in [2.45, 2.75) is 31.3 Å². The van der Waals surface area contributed by atoms with Crippen LogP contribution < -0.4 is 0 Å². The Balaban J connectivity index is 2.01. The summed E-state index contributed by atoms with van der Waals surface area (Å²) < 4.78 is 12.9. The van der Waals surface area contributed by atoms with Crippen molar-refractivity contribution in [1.82, 2.24) is 4.90 Å². The lowest BCUT2D eigenvalue weighted by Crippen LogP contribution is -2.54. The zero-order chi connectivity index (χ0) is 10.2. The van der Waals surface area contributed by atoms with Gasteiger partial charge in [-0.05, 0) is 31.8 Å². The number of carbonyl (C=O) groups excluding carboxylic acids is 1. The molecular weight excluding hydrogens is 185 g/mol. The molecule has 1 heterocycles. The van der Waals surface area contributed by atoms with Crippen LogP contribution in [0.4, 0.5) is 4.39 Å². The first kappa shape index (κ1) is 9.65. The molecule has 1 saturated carbocycles. The summed E-state index contributed by atoms with van der Waals surface area (Å²) in [6.45, 7) is 0.551. The van der Waals surface area contributed by atoms with Crippen molar-refractivity contribution in [2.75, 3.05) is 13.1 Å². The molecular formula is C10H14FNO2. The van der Waals surface area contributed by atoms with Gasteiger partial charge >= 0.3 is 0 Å². The predicted molar refractivity (Wildman–Crippen MR) is 49.2 cm³/mol. The molecule has 0 spiro atoms. The lowest BCUT2D eigenvalue weighted by atomic mass is 9.79. The number of hydrogen-bond acceptors (Lipinski definition) is 2. The number of halogens is 1. The Kier molecular flexibility index (Phi) is 2.31. The summed E-state index contributed by atoms with van der Waals surface area (Å²) in [5.74, 6) is -0.570. The molecule has 0 saturated heterocycles. The third-order valence-corrected chi connectivity index (χ3v) is 2.97. The van der Waals surface area contributed by atoms with E-state index in [-0.39, 0.29) is 18.3 Å². The molecule has 3 nitrogen and oxygen atoms in total. The first-order valence-corrected chi connectivity index (χ1v) is 4.98. The van der Waals surface area contributed by atoms with Gasteiger partial charge in [0.2, 0.25) is 0 Å². The highest BCUT2D eigenvalue weighted by Crippen LogP contribution is 2.34. The van der Waals surface area contributed by atoms with Gasteiger partial charge in [-0.3, -0.25) is 4.79 Å². The first-order valence-electron chi connectivity index (χ1n) is 4.98. The second kappa shape index (κ2) is 3.35. The minimum Gasteiger partial charge on any atom is -0.380 e. The number of carbonyl (C=O) groups is 1. The van der Waals surface area contributed by atoms with Crippen molar-refractivity contribution in [2.24, 2.45) is 0 Å². The number of amides is 1. The van der Waals surface area contributed by atoms with Crippen molar-refractivity contribution in [3.63, 3.8) is 0 Å². The molecule has 1 N–H and O–H groups in total. The molecule has 0 aromatic heterocycles. The topological polar surface area (TPSA) is 40.5 Å². The number of hydrogen-bond donors (Lipinski definition) is 1. The number of rotatable bonds is 1. The van der Waals surface area contributed by atoms with Gasteiger partial charge in [-0.15, -0.1) is 0 Å². The van der Waals surface area contributed by atoms with Crippen LogP contribution >= 0.6 is 0 Å². The maximum Gasteiger partial charge on any atom is 0.254 e. The van der Waals surface area contributed by atoms with Gasteiger partial charge in [0.05, 0.1) is 6.54 Å². The van der Waals surface area contributed by atoms with Gasteiger partial charge in [-0.2, -0.15) is 0 Å². The molecule has 1 amide bonds. The van der Waals surface area contributed by atoms with E-state index in [1.165, 1.54) is 11.0 Å². The van der Waals surface area contributed by atoms with Gasteiger partial charge in [0.1, 0.15) is 11.4 Å². The Morgan fingerprint density at radius 3 is 2.79 bits per heavy atom. The molecule has 0 unspecified atom stereocenters. The standard InChI is InChI=1S/C10H14FNO2/c11-8-3-1-6-12(7-8)9(13)10(14)4-2-5-10/h3,14H,1-2,4-7H2. The van der Waals surface area contributed by atoms with Crippen molar-refractivity contribution in [1.29, 1.82) is 0 Å². The Morgan fingerprint density at radius 1 is 1.57 bits per heavy atom. The molecule has 4 heteroatoms. The fraction of sp³-hybridized carbons (Fsp3) is 0.700. The summed E-state index contributed by atoms with van der Waals surface area (Å²) in [5.41, 5.74) is -1.18. The van der Waals surface area contributed by atoms with E-state index in [2.05, 4.69) is 0 Å². The van der Waals surface area contributed by atoms with Crippen LogP contribution in [0.5, 0.6) is 0 Å². The highest BCUT2D eigenvalue weighted by molar-refractivity contribution is 5.86. The molecule has 2 aliphatic rings. The van der Waals surface area contributed by atoms with Crippen LogP contribution in [0.2, 0.25) is 0 Å². The van der Waals surface area contributed by atoms with Gasteiger partial charge in [0, 0.05) is 6.54 Å². The molecule has 14 heavy (non-hydrogen) atoms. The van der Waals surface area contributed by atoms with Gasteiger partial charge < -0.3 is 10.0 Å². The molecule has 0 bridgehead atoms. The maximum absolute atomic E-state index is 12.9. The van der Waals surface area contributed by atoms with E-state index in [9.17, 15) is 14.3 Å². The fourth-order valence-electron chi connectivity index (χ4n) is 1.90. The predicted octanol–water partition coefficient (Wildman–Crippen LogP) is 0.987. The highest BCUT2D eigenvalue weighted by Gasteiger charge is 2.44. The number of nitrogens with zero attached hydrogens (tertiary/aromatic N) is 1. The normalized spacial score (nSPS) is 25.3. The highest BCUT2D eigenvalue weighted by atomic mass is 19.1. The van der Waals surface area contributed by atoms with Crippen LogP contribution in [0, 0.1) is 0 Å². The van der Waals surface area contributed by atoms with Crippen molar-refractivity contribution in [3.05, 3.63) is 11.9 Å². The average Bonchev–Trinajstić information content (AvgIpc) is 2.13. The third-order valence-electron chi connectivity index (χ3n) is 2.97. The summed E-state index contributed by atoms with van der Waals surface area (Å²) in [6, 6.07) is 0. The van der Waals surface area contributed by atoms with Crippen molar-refractivity contribution in [3.8, 4) is 0 Å². The summed E-state index contributed by atoms with van der Waals surface area (Å²) in [5, 5.41) is 9.78. The van der Waals surface area contributed by atoms with E-state index in [4.69, 9.17) is 0 Å². The van der Waals surface area contributed by atoms with Gasteiger partial charge in [0.15, 0.2) is 0 Å². The van der Waals surface area contributed by atoms with E-state index < -0.39 is 5.60 Å². The minimum atomic E-state index is -1.18.